The molecule has 0 aliphatic heterocycles. The van der Waals surface area contributed by atoms with Crippen LogP contribution >= 0.6 is 20.5 Å². The average Bonchev–Trinajstić information content (AvgIpc) is 4.04. The lowest BCUT2D eigenvalue weighted by atomic mass is 9.69. The van der Waals surface area contributed by atoms with Gasteiger partial charge >= 0.3 is 0 Å². The maximum Gasteiger partial charge on any atom is 0.138 e. The molecule has 3 aliphatic carbocycles. The van der Waals surface area contributed by atoms with E-state index in [1.165, 1.54) is 80.2 Å². The van der Waals surface area contributed by atoms with Crippen molar-refractivity contribution >= 4 is 31.6 Å². The molecule has 1 unspecified atom stereocenters. The van der Waals surface area contributed by atoms with Crippen LogP contribution in [0.15, 0.2) is 83.9 Å². The molecule has 0 N–H and O–H groups in total. The lowest BCUT2D eigenvalue weighted by Crippen LogP contribution is -2.26. The molecule has 0 fully saturated rings. The van der Waals surface area contributed by atoms with Crippen LogP contribution in [0.1, 0.15) is 149 Å². The number of allylic oxidation sites excluding steroid dienone is 2. The second-order valence-electron chi connectivity index (χ2n) is 17.2. The van der Waals surface area contributed by atoms with Crippen molar-refractivity contribution in [1.82, 2.24) is 0 Å². The number of nitriles is 4. The molecule has 1 atom stereocenters. The van der Waals surface area contributed by atoms with Crippen LogP contribution < -0.4 is 0 Å². The Morgan fingerprint density at radius 3 is 1.52 bits per heavy atom. The summed E-state index contributed by atoms with van der Waals surface area (Å²) in [4.78, 5) is 2.40. The van der Waals surface area contributed by atoms with Gasteiger partial charge in [0.2, 0.25) is 0 Å². The van der Waals surface area contributed by atoms with Crippen molar-refractivity contribution < 1.29 is 1.37 Å². The van der Waals surface area contributed by atoms with Gasteiger partial charge in [0, 0.05) is 27.7 Å². The Morgan fingerprint density at radius 2 is 1.05 bits per heavy atom. The molecule has 312 valence electrons. The molecular weight excluding hydrogens is 792 g/mol. The zero-order valence-electron chi connectivity index (χ0n) is 39.7. The van der Waals surface area contributed by atoms with Gasteiger partial charge in [0.25, 0.3) is 0 Å². The zero-order valence-corrected chi connectivity index (χ0v) is 38.4. The number of nitrogens with zero attached hydrogens (tertiary/aromatic N) is 4. The number of hydrogen-bond acceptors (Lipinski definition) is 5. The predicted octanol–water partition coefficient (Wildman–Crippen LogP) is 15.9. The zero-order chi connectivity index (χ0) is 46.3. The first kappa shape index (κ1) is 40.5. The minimum Gasteiger partial charge on any atom is -0.192 e. The fourth-order valence-corrected chi connectivity index (χ4v) is 11.3. The number of aryl methyl sites for hydroxylation is 2. The van der Waals surface area contributed by atoms with E-state index in [0.29, 0.717) is 11.1 Å². The third kappa shape index (κ3) is 8.00. The van der Waals surface area contributed by atoms with Gasteiger partial charge in [-0.15, -0.1) is 20.5 Å². The number of rotatable bonds is 15. The largest absolute Gasteiger partial charge is 0.192 e. The molecular formula is C56H57N4PS. The van der Waals surface area contributed by atoms with Crippen LogP contribution in [0.5, 0.6) is 0 Å². The van der Waals surface area contributed by atoms with E-state index in [0.717, 1.165) is 97.3 Å². The lowest BCUT2D eigenvalue weighted by molar-refractivity contribution is 0.398. The van der Waals surface area contributed by atoms with Crippen LogP contribution in [-0.2, 0) is 5.41 Å². The summed E-state index contributed by atoms with van der Waals surface area (Å²) in [6, 6.07) is 35.7. The van der Waals surface area contributed by atoms with Crippen molar-refractivity contribution in [2.24, 2.45) is 0 Å². The minimum absolute atomic E-state index is 0.0463. The highest BCUT2D eigenvalue weighted by Crippen LogP contribution is 2.61. The molecule has 1 heterocycles. The first-order valence-electron chi connectivity index (χ1n) is 24.0. The van der Waals surface area contributed by atoms with Crippen LogP contribution in [0.4, 0.5) is 0 Å². The predicted molar refractivity (Wildman–Crippen MR) is 262 cm³/mol. The average molecular weight is 854 g/mol. The van der Waals surface area contributed by atoms with Gasteiger partial charge in [-0.25, -0.2) is 0 Å². The second kappa shape index (κ2) is 19.7. The van der Waals surface area contributed by atoms with Gasteiger partial charge in [0.05, 0.1) is 2.56 Å². The minimum atomic E-state index is -1.43. The van der Waals surface area contributed by atoms with Crippen molar-refractivity contribution in [2.75, 3.05) is 6.64 Å². The van der Waals surface area contributed by atoms with Gasteiger partial charge in [-0.1, -0.05) is 133 Å². The van der Waals surface area contributed by atoms with E-state index < -0.39 is 9.13 Å². The van der Waals surface area contributed by atoms with Gasteiger partial charge in [-0.3, -0.25) is 0 Å². The highest BCUT2D eigenvalue weighted by atomic mass is 32.1. The summed E-state index contributed by atoms with van der Waals surface area (Å²) >= 11 is 1.75. The van der Waals surface area contributed by atoms with Gasteiger partial charge in [-0.05, 0) is 141 Å². The van der Waals surface area contributed by atoms with Crippen LogP contribution in [0, 0.1) is 59.2 Å². The molecule has 0 spiro atoms. The summed E-state index contributed by atoms with van der Waals surface area (Å²) in [6.45, 7) is 8.67. The summed E-state index contributed by atoms with van der Waals surface area (Å²) in [6.07, 6.45) is 16.7. The van der Waals surface area contributed by atoms with Crippen LogP contribution in [0.25, 0.3) is 55.0 Å². The van der Waals surface area contributed by atoms with Crippen LogP contribution in [-0.4, -0.2) is 9.20 Å². The summed E-state index contributed by atoms with van der Waals surface area (Å²) in [7, 11) is -1.43. The Bertz CT molecular complexity index is 2810. The first-order valence-corrected chi connectivity index (χ1v) is 23.9. The first-order chi connectivity index (χ1) is 31.6. The summed E-state index contributed by atoms with van der Waals surface area (Å²) in [5.74, 6) is 0. The molecule has 62 heavy (non-hydrogen) atoms. The highest BCUT2D eigenvalue weighted by molar-refractivity contribution is 7.15. The van der Waals surface area contributed by atoms with Crippen LogP contribution in [0.2, 0.25) is 0 Å². The number of benzene rings is 4. The maximum atomic E-state index is 10.5. The number of fused-ring (bicyclic) bond motifs is 9. The number of hydrogen-bond donors (Lipinski definition) is 0. The third-order valence-electron chi connectivity index (χ3n) is 13.4. The van der Waals surface area contributed by atoms with Crippen molar-refractivity contribution in [2.45, 2.75) is 123 Å². The molecule has 5 aromatic rings. The Hall–Kier alpha value is -5.55. The lowest BCUT2D eigenvalue weighted by Gasteiger charge is -2.33. The molecule has 0 saturated heterocycles. The Labute approximate surface area is 380 Å². The van der Waals surface area contributed by atoms with Crippen molar-refractivity contribution in [3.8, 4) is 68.1 Å². The molecule has 4 nitrogen and oxygen atoms in total. The SMILES string of the molecule is CCCCCCCCC1(CCCCCCCC)c2cc3c(cc2-c2cc4c(cc21)-c1ccc(-c2ccc(C)s2)cc1C4=C(C#N)C#N)C(=C(C#N)C#N)c1cc(C)ccc1-3.[2H]P([3H])C[3H]. The molecule has 0 bridgehead atoms. The quantitative estimate of drug-likeness (QED) is 0.0583. The number of thiophene rings is 1. The molecule has 0 saturated carbocycles. The summed E-state index contributed by atoms with van der Waals surface area (Å²) in [5.41, 5.74) is 16.6. The molecule has 4 aromatic carbocycles. The molecule has 1 aromatic heterocycles. The standard InChI is InChI=1S/C55H52N4S.CH5P/c1-5-7-9-11-13-15-23-55(24-16-14-12-10-8-6-2)50-29-42-40-20-17-35(3)25-46(40)53(38(31-56)32-57)48(42)27-44(50)45-28-49-43(30-51(45)55)41-21-19-37(52-22-18-36(4)60-52)26-47(41)54(49)39(33-58)34-59;1-2/h17-22,25-30H,5-16,23-24H2,1-4H3;2H2,1H3/i;1T,2TD. The summed E-state index contributed by atoms with van der Waals surface area (Å²) < 4.78 is 19.1. The third-order valence-corrected chi connectivity index (χ3v) is 14.4. The summed E-state index contributed by atoms with van der Waals surface area (Å²) in [5, 5.41) is 41.6. The van der Waals surface area contributed by atoms with Crippen molar-refractivity contribution in [1.29, 1.82) is 23.6 Å². The van der Waals surface area contributed by atoms with E-state index in [1.54, 1.807) is 11.3 Å². The van der Waals surface area contributed by atoms with E-state index >= 15 is 0 Å². The smallest absolute Gasteiger partial charge is 0.138 e. The van der Waals surface area contributed by atoms with Gasteiger partial charge < -0.3 is 0 Å². The van der Waals surface area contributed by atoms with Crippen LogP contribution in [0.3, 0.4) is 0 Å². The van der Waals surface area contributed by atoms with Crippen molar-refractivity contribution in [3.05, 3.63) is 128 Å². The Morgan fingerprint density at radius 1 is 0.581 bits per heavy atom. The molecule has 6 heteroatoms. The maximum absolute atomic E-state index is 10.5. The molecule has 0 amide bonds. The Kier molecular flexibility index (Phi) is 12.8. The second-order valence-corrected chi connectivity index (χ2v) is 18.5. The van der Waals surface area contributed by atoms with E-state index in [9.17, 15) is 21.0 Å². The highest BCUT2D eigenvalue weighted by Gasteiger charge is 2.45. The molecule has 0 radical (unpaired) electrons. The number of unbranched alkanes of at least 4 members (excludes halogenated alkanes) is 10. The van der Waals surface area contributed by atoms with Gasteiger partial charge in [-0.2, -0.15) is 21.0 Å². The fourth-order valence-electron chi connectivity index (χ4n) is 10.5. The van der Waals surface area contributed by atoms with Gasteiger partial charge in [0.15, 0.2) is 0 Å². The van der Waals surface area contributed by atoms with E-state index in [2.05, 4.69) is 125 Å². The molecule has 3 aliphatic rings. The monoisotopic (exact) mass is 853 g/mol. The van der Waals surface area contributed by atoms with E-state index in [4.69, 9.17) is 3.93 Å². The van der Waals surface area contributed by atoms with E-state index in [-0.39, 0.29) is 23.2 Å². The topological polar surface area (TPSA) is 95.2 Å². The normalized spacial score (nSPS) is 14.1. The van der Waals surface area contributed by atoms with Crippen molar-refractivity contribution in [3.63, 3.8) is 0 Å². The van der Waals surface area contributed by atoms with E-state index in [1.807, 2.05) is 0 Å². The van der Waals surface area contributed by atoms with Gasteiger partial charge in [0.1, 0.15) is 35.4 Å². The molecule has 8 rings (SSSR count). The fraction of sp³-hybridized carbons (Fsp3) is 0.357. The Balaban J connectivity index is 0.00000120.